The molecule has 5 aromatic rings. The second kappa shape index (κ2) is 9.85. The summed E-state index contributed by atoms with van der Waals surface area (Å²) >= 11 is 0. The van der Waals surface area contributed by atoms with Crippen LogP contribution in [-0.2, 0) is 11.8 Å². The molecule has 5 heterocycles. The molecule has 0 saturated carbocycles. The van der Waals surface area contributed by atoms with Crippen molar-refractivity contribution in [2.45, 2.75) is 71.3 Å². The SMILES string of the molecule is Cc1cc(-n2nc3c(c2-n2ccn(-c4ccc5c(cnn5C)c4F)c2=O)[C@@H]2CC[C@H]([C@@H]3F)N2C(=O)OC(C)(C)C)cc(C)c1F. The molecule has 3 aromatic heterocycles. The molecule has 0 radical (unpaired) electrons. The van der Waals surface area contributed by atoms with Crippen LogP contribution in [0.3, 0.4) is 0 Å². The normalized spacial score (nSPS) is 19.4. The van der Waals surface area contributed by atoms with E-state index >= 15 is 8.78 Å². The second-order valence-corrected chi connectivity index (χ2v) is 12.8. The number of carbonyl (C=O) groups excluding carboxylic acids is 1. The Morgan fingerprint density at radius 1 is 1.02 bits per heavy atom. The van der Waals surface area contributed by atoms with Crippen LogP contribution in [-0.4, -0.2) is 51.3 Å². The van der Waals surface area contributed by atoms with Gasteiger partial charge in [0.2, 0.25) is 0 Å². The highest BCUT2D eigenvalue weighted by molar-refractivity contribution is 5.81. The van der Waals surface area contributed by atoms with Crippen LogP contribution >= 0.6 is 0 Å². The molecule has 45 heavy (non-hydrogen) atoms. The zero-order valence-corrected chi connectivity index (χ0v) is 25.7. The fraction of sp³-hybridized carbons (Fsp3) is 0.375. The van der Waals surface area contributed by atoms with E-state index in [2.05, 4.69) is 10.2 Å². The predicted molar refractivity (Wildman–Crippen MR) is 160 cm³/mol. The highest BCUT2D eigenvalue weighted by Gasteiger charge is 2.53. The molecule has 0 N–H and O–H groups in total. The summed E-state index contributed by atoms with van der Waals surface area (Å²) in [5.41, 5.74) is 0.652. The third-order valence-corrected chi connectivity index (χ3v) is 8.67. The number of imidazole rings is 1. The summed E-state index contributed by atoms with van der Waals surface area (Å²) in [6, 6.07) is 4.86. The standard InChI is InChI=1S/C32H32F3N7O3/c1-16-13-18(14-17(2)25(16)33)42-29(24-21-8-10-23(27(35)28(24)37-42)41(21)31(44)45-32(3,4)5)40-12-11-39(30(40)43)22-9-7-20-19(26(22)34)15-36-38(20)6/h7,9,11-15,21,23,27H,8,10H2,1-6H3/t21-,23+,27-/m0/s1. The van der Waals surface area contributed by atoms with Crippen LogP contribution in [0.4, 0.5) is 18.0 Å². The first-order valence-electron chi connectivity index (χ1n) is 14.7. The summed E-state index contributed by atoms with van der Waals surface area (Å²) in [6.45, 7) is 8.43. The van der Waals surface area contributed by atoms with E-state index in [-0.39, 0.29) is 28.4 Å². The molecule has 0 spiro atoms. The van der Waals surface area contributed by atoms with E-state index in [1.54, 1.807) is 59.9 Å². The van der Waals surface area contributed by atoms with Crippen molar-refractivity contribution in [1.82, 2.24) is 33.6 Å². The van der Waals surface area contributed by atoms with E-state index in [0.29, 0.717) is 40.7 Å². The van der Waals surface area contributed by atoms with Crippen molar-refractivity contribution in [3.8, 4) is 17.2 Å². The van der Waals surface area contributed by atoms with Crippen LogP contribution in [0.15, 0.2) is 47.7 Å². The van der Waals surface area contributed by atoms with Crippen LogP contribution in [0.5, 0.6) is 0 Å². The van der Waals surface area contributed by atoms with Gasteiger partial charge in [-0.15, -0.1) is 0 Å². The number of aryl methyl sites for hydroxylation is 3. The van der Waals surface area contributed by atoms with Crippen LogP contribution in [0, 0.1) is 25.5 Å². The van der Waals surface area contributed by atoms with Gasteiger partial charge in [-0.1, -0.05) is 0 Å². The maximum Gasteiger partial charge on any atom is 0.411 e. The molecule has 13 heteroatoms. The van der Waals surface area contributed by atoms with Gasteiger partial charge in [0, 0.05) is 25.0 Å². The van der Waals surface area contributed by atoms with Gasteiger partial charge in [0.1, 0.15) is 22.9 Å². The second-order valence-electron chi connectivity index (χ2n) is 12.8. The van der Waals surface area contributed by atoms with Gasteiger partial charge in [-0.3, -0.25) is 18.7 Å². The minimum Gasteiger partial charge on any atom is -0.444 e. The third kappa shape index (κ3) is 4.31. The van der Waals surface area contributed by atoms with Crippen molar-refractivity contribution < 1.29 is 22.7 Å². The first-order chi connectivity index (χ1) is 21.3. The summed E-state index contributed by atoms with van der Waals surface area (Å²) in [4.78, 5) is 29.0. The molecule has 3 atom stereocenters. The number of carbonyl (C=O) groups is 1. The predicted octanol–water partition coefficient (Wildman–Crippen LogP) is 6.06. The molecule has 1 saturated heterocycles. The van der Waals surface area contributed by atoms with E-state index in [1.165, 1.54) is 43.5 Å². The molecule has 1 fully saturated rings. The topological polar surface area (TPSA) is 92.1 Å². The number of ether oxygens (including phenoxy) is 1. The van der Waals surface area contributed by atoms with E-state index < -0.39 is 41.5 Å². The lowest BCUT2D eigenvalue weighted by molar-refractivity contribution is 0.00106. The molecule has 0 unspecified atom stereocenters. The number of nitrogens with zero attached hydrogens (tertiary/aromatic N) is 7. The molecule has 10 nitrogen and oxygen atoms in total. The summed E-state index contributed by atoms with van der Waals surface area (Å²) in [7, 11) is 1.69. The Morgan fingerprint density at radius 2 is 1.71 bits per heavy atom. The highest BCUT2D eigenvalue weighted by atomic mass is 19.1. The van der Waals surface area contributed by atoms with Gasteiger partial charge in [0.25, 0.3) is 0 Å². The average Bonchev–Trinajstić information content (AvgIpc) is 3.73. The van der Waals surface area contributed by atoms with E-state index in [1.807, 2.05) is 0 Å². The summed E-state index contributed by atoms with van der Waals surface area (Å²) in [5, 5.41) is 9.03. The Kier molecular flexibility index (Phi) is 6.33. The van der Waals surface area contributed by atoms with Crippen LogP contribution in [0.2, 0.25) is 0 Å². The van der Waals surface area contributed by atoms with Crippen molar-refractivity contribution in [3.05, 3.63) is 87.4 Å². The van der Waals surface area contributed by atoms with Gasteiger partial charge in [0.05, 0.1) is 40.6 Å². The largest absolute Gasteiger partial charge is 0.444 e. The van der Waals surface area contributed by atoms with Crippen molar-refractivity contribution in [2.24, 2.45) is 7.05 Å². The quantitative estimate of drug-likeness (QED) is 0.245. The molecular weight excluding hydrogens is 587 g/mol. The Labute approximate surface area is 256 Å². The zero-order valence-electron chi connectivity index (χ0n) is 25.7. The van der Waals surface area contributed by atoms with Crippen LogP contribution in [0.25, 0.3) is 28.1 Å². The monoisotopic (exact) mass is 619 g/mol. The van der Waals surface area contributed by atoms with Gasteiger partial charge in [0.15, 0.2) is 12.0 Å². The smallest absolute Gasteiger partial charge is 0.411 e. The number of halogens is 3. The number of fused-ring (bicyclic) bond motifs is 5. The lowest BCUT2D eigenvalue weighted by Crippen LogP contribution is -2.45. The first kappa shape index (κ1) is 28.9. The number of alkyl halides is 1. The van der Waals surface area contributed by atoms with Crippen molar-refractivity contribution in [2.75, 3.05) is 0 Å². The molecule has 0 aliphatic carbocycles. The van der Waals surface area contributed by atoms with Gasteiger partial charge < -0.3 is 4.74 Å². The summed E-state index contributed by atoms with van der Waals surface area (Å²) < 4.78 is 57.8. The molecule has 7 rings (SSSR count). The molecule has 2 aliphatic heterocycles. The number of rotatable bonds is 3. The average molecular weight is 620 g/mol. The number of benzene rings is 2. The highest BCUT2D eigenvalue weighted by Crippen LogP contribution is 2.52. The first-order valence-corrected chi connectivity index (χ1v) is 14.7. The lowest BCUT2D eigenvalue weighted by Gasteiger charge is -2.37. The fourth-order valence-electron chi connectivity index (χ4n) is 6.68. The number of hydrogen-bond donors (Lipinski definition) is 0. The Bertz CT molecular complexity index is 2060. The van der Waals surface area contributed by atoms with Crippen LogP contribution in [0.1, 0.15) is 68.2 Å². The van der Waals surface area contributed by atoms with Crippen LogP contribution < -0.4 is 5.69 Å². The van der Waals surface area contributed by atoms with Crippen molar-refractivity contribution in [3.63, 3.8) is 0 Å². The minimum absolute atomic E-state index is 0.00679. The molecule has 234 valence electrons. The molecule has 2 aromatic carbocycles. The van der Waals surface area contributed by atoms with E-state index in [0.717, 1.165) is 4.57 Å². The molecule has 2 bridgehead atoms. The van der Waals surface area contributed by atoms with E-state index in [4.69, 9.17) is 4.74 Å². The maximum atomic E-state index is 16.4. The molecule has 1 amide bonds. The minimum atomic E-state index is -1.67. The Hall–Kier alpha value is -4.81. The van der Waals surface area contributed by atoms with Gasteiger partial charge in [-0.05, 0) is 82.9 Å². The van der Waals surface area contributed by atoms with Gasteiger partial charge >= 0.3 is 11.8 Å². The van der Waals surface area contributed by atoms with Crippen molar-refractivity contribution >= 4 is 17.0 Å². The van der Waals surface area contributed by atoms with Gasteiger partial charge in [-0.25, -0.2) is 27.4 Å². The summed E-state index contributed by atoms with van der Waals surface area (Å²) in [5.74, 6) is -0.830. The molecular formula is C32H32F3N7O3. The summed E-state index contributed by atoms with van der Waals surface area (Å²) in [6.07, 6.45) is 2.74. The Morgan fingerprint density at radius 3 is 2.40 bits per heavy atom. The van der Waals surface area contributed by atoms with Gasteiger partial charge in [-0.2, -0.15) is 10.2 Å². The number of aromatic nitrogens is 6. The lowest BCUT2D eigenvalue weighted by atomic mass is 9.98. The number of hydrogen-bond acceptors (Lipinski definition) is 5. The fourth-order valence-corrected chi connectivity index (χ4v) is 6.68. The number of amides is 1. The maximum absolute atomic E-state index is 16.4. The Balaban J connectivity index is 1.46. The van der Waals surface area contributed by atoms with E-state index in [9.17, 15) is 14.0 Å². The third-order valence-electron chi connectivity index (χ3n) is 8.67. The molecule has 2 aliphatic rings. The zero-order chi connectivity index (χ0) is 32.1. The van der Waals surface area contributed by atoms with Crippen molar-refractivity contribution in [1.29, 1.82) is 0 Å².